The first-order valence-electron chi connectivity index (χ1n) is 6.64. The summed E-state index contributed by atoms with van der Waals surface area (Å²) >= 11 is 0. The molecule has 0 aromatic carbocycles. The summed E-state index contributed by atoms with van der Waals surface area (Å²) in [6, 6.07) is 8.64. The molecule has 0 aliphatic heterocycles. The van der Waals surface area contributed by atoms with E-state index in [0.29, 0.717) is 11.6 Å². The van der Waals surface area contributed by atoms with E-state index in [9.17, 15) is 9.59 Å². The zero-order chi connectivity index (χ0) is 15.0. The van der Waals surface area contributed by atoms with Gasteiger partial charge in [0, 0.05) is 12.4 Å². The summed E-state index contributed by atoms with van der Waals surface area (Å²) in [6.45, 7) is 4.08. The van der Waals surface area contributed by atoms with Crippen LogP contribution in [0.5, 0.6) is 0 Å². The first kappa shape index (κ1) is 13.2. The number of hydrogen-bond donors (Lipinski definition) is 0. The van der Waals surface area contributed by atoms with Crippen molar-refractivity contribution in [3.05, 3.63) is 69.3 Å². The molecule has 0 aliphatic carbocycles. The molecule has 3 aromatic heterocycles. The maximum atomic E-state index is 12.5. The van der Waals surface area contributed by atoms with Gasteiger partial charge < -0.3 is 0 Å². The number of nitrogens with zero attached hydrogens (tertiary/aromatic N) is 4. The molecule has 3 rings (SSSR count). The van der Waals surface area contributed by atoms with E-state index in [2.05, 4.69) is 9.97 Å². The molecule has 0 atom stereocenters. The summed E-state index contributed by atoms with van der Waals surface area (Å²) in [5.41, 5.74) is 0.277. The van der Waals surface area contributed by atoms with Crippen LogP contribution in [0.15, 0.2) is 52.3 Å². The second-order valence-electron chi connectivity index (χ2n) is 5.04. The highest BCUT2D eigenvalue weighted by Gasteiger charge is 2.11. The molecule has 3 heterocycles. The topological polar surface area (TPSA) is 69.3 Å². The Morgan fingerprint density at radius 3 is 2.62 bits per heavy atom. The molecule has 0 fully saturated rings. The van der Waals surface area contributed by atoms with Gasteiger partial charge >= 0.3 is 11.4 Å². The zero-order valence-corrected chi connectivity index (χ0v) is 11.7. The first-order valence-corrected chi connectivity index (χ1v) is 6.64. The molecule has 6 nitrogen and oxygen atoms in total. The molecular weight excluding hydrogens is 268 g/mol. The van der Waals surface area contributed by atoms with Crippen LogP contribution in [0.25, 0.3) is 11.5 Å². The van der Waals surface area contributed by atoms with E-state index in [1.54, 1.807) is 30.5 Å². The van der Waals surface area contributed by atoms with Gasteiger partial charge in [0.1, 0.15) is 11.5 Å². The lowest BCUT2D eigenvalue weighted by molar-refractivity contribution is 0.770. The van der Waals surface area contributed by atoms with Gasteiger partial charge in [0.15, 0.2) is 0 Å². The molecule has 0 saturated carbocycles. The number of pyridine rings is 2. The Kier molecular flexibility index (Phi) is 3.13. The van der Waals surface area contributed by atoms with Crippen molar-refractivity contribution < 1.29 is 0 Å². The van der Waals surface area contributed by atoms with E-state index in [-0.39, 0.29) is 5.82 Å². The molecule has 106 valence electrons. The Morgan fingerprint density at radius 2 is 1.95 bits per heavy atom. The van der Waals surface area contributed by atoms with Gasteiger partial charge in [-0.25, -0.2) is 14.6 Å². The number of rotatable bonds is 2. The van der Waals surface area contributed by atoms with E-state index in [1.807, 2.05) is 19.9 Å². The second kappa shape index (κ2) is 4.97. The molecule has 0 spiro atoms. The van der Waals surface area contributed by atoms with Gasteiger partial charge in [-0.15, -0.1) is 0 Å². The summed E-state index contributed by atoms with van der Waals surface area (Å²) in [6.07, 6.45) is 3.16. The van der Waals surface area contributed by atoms with Crippen molar-refractivity contribution in [2.24, 2.45) is 0 Å². The van der Waals surface area contributed by atoms with E-state index < -0.39 is 11.4 Å². The molecule has 0 unspecified atom stereocenters. The zero-order valence-electron chi connectivity index (χ0n) is 11.7. The van der Waals surface area contributed by atoms with Crippen LogP contribution in [0.1, 0.15) is 25.3 Å². The van der Waals surface area contributed by atoms with Crippen molar-refractivity contribution in [1.29, 1.82) is 0 Å². The lowest BCUT2D eigenvalue weighted by Gasteiger charge is -2.09. The second-order valence-corrected chi connectivity index (χ2v) is 5.04. The Bertz CT molecular complexity index is 910. The number of fused-ring (bicyclic) bond motifs is 1. The average Bonchev–Trinajstić information content (AvgIpc) is 2.47. The highest BCUT2D eigenvalue weighted by molar-refractivity contribution is 5.41. The minimum atomic E-state index is -0.625. The Balaban J connectivity index is 2.33. The average molecular weight is 282 g/mol. The summed E-state index contributed by atoms with van der Waals surface area (Å²) in [7, 11) is 0. The molecule has 0 saturated heterocycles. The van der Waals surface area contributed by atoms with Gasteiger partial charge in [0.05, 0.1) is 0 Å². The lowest BCUT2D eigenvalue weighted by Crippen LogP contribution is -2.38. The van der Waals surface area contributed by atoms with Gasteiger partial charge in [-0.1, -0.05) is 19.9 Å². The van der Waals surface area contributed by atoms with Crippen LogP contribution >= 0.6 is 0 Å². The van der Waals surface area contributed by atoms with Crippen LogP contribution in [0.3, 0.4) is 0 Å². The number of hydrogen-bond acceptors (Lipinski definition) is 4. The molecule has 0 amide bonds. The standard InChI is InChI=1S/C15H14N4O2/c1-10(2)11-6-8-18-13(9-11)17-14(20)19(15(18)21)12-5-3-4-7-16-12/h3-10H,1-2H3. The van der Waals surface area contributed by atoms with Gasteiger partial charge in [-0.05, 0) is 35.7 Å². The highest BCUT2D eigenvalue weighted by Crippen LogP contribution is 2.14. The van der Waals surface area contributed by atoms with E-state index >= 15 is 0 Å². The summed E-state index contributed by atoms with van der Waals surface area (Å²) < 4.78 is 2.31. The maximum Gasteiger partial charge on any atom is 0.359 e. The van der Waals surface area contributed by atoms with E-state index in [0.717, 1.165) is 10.1 Å². The van der Waals surface area contributed by atoms with Crippen molar-refractivity contribution >= 4 is 5.65 Å². The quantitative estimate of drug-likeness (QED) is 0.711. The lowest BCUT2D eigenvalue weighted by atomic mass is 10.1. The van der Waals surface area contributed by atoms with Crippen molar-refractivity contribution in [1.82, 2.24) is 18.9 Å². The fourth-order valence-electron chi connectivity index (χ4n) is 2.13. The Morgan fingerprint density at radius 1 is 1.14 bits per heavy atom. The molecule has 0 radical (unpaired) electrons. The van der Waals surface area contributed by atoms with Gasteiger partial charge in [-0.3, -0.25) is 4.40 Å². The third kappa shape index (κ3) is 2.24. The van der Waals surface area contributed by atoms with Crippen LogP contribution in [-0.4, -0.2) is 18.9 Å². The van der Waals surface area contributed by atoms with Crippen LogP contribution in [0.4, 0.5) is 0 Å². The minimum Gasteiger partial charge on any atom is -0.252 e. The molecule has 3 aromatic rings. The fourth-order valence-corrected chi connectivity index (χ4v) is 2.13. The largest absolute Gasteiger partial charge is 0.359 e. The molecule has 0 N–H and O–H groups in total. The van der Waals surface area contributed by atoms with Crippen molar-refractivity contribution in [3.63, 3.8) is 0 Å². The molecule has 0 bridgehead atoms. The van der Waals surface area contributed by atoms with Crippen molar-refractivity contribution in [2.75, 3.05) is 0 Å². The Hall–Kier alpha value is -2.76. The maximum absolute atomic E-state index is 12.5. The monoisotopic (exact) mass is 282 g/mol. The normalized spacial score (nSPS) is 11.2. The fraction of sp³-hybridized carbons (Fsp3) is 0.200. The number of aromatic nitrogens is 4. The van der Waals surface area contributed by atoms with Crippen molar-refractivity contribution in [3.8, 4) is 5.82 Å². The first-order chi connectivity index (χ1) is 10.1. The highest BCUT2D eigenvalue weighted by atomic mass is 16.2. The third-order valence-corrected chi connectivity index (χ3v) is 3.30. The predicted molar refractivity (Wildman–Crippen MR) is 78.9 cm³/mol. The molecule has 0 aliphatic rings. The Labute approximate surface area is 120 Å². The summed E-state index contributed by atoms with van der Waals surface area (Å²) in [4.78, 5) is 32.6. The van der Waals surface area contributed by atoms with Gasteiger partial charge in [0.2, 0.25) is 0 Å². The molecular formula is C15H14N4O2. The van der Waals surface area contributed by atoms with Gasteiger partial charge in [-0.2, -0.15) is 9.55 Å². The predicted octanol–water partition coefficient (Wildman–Crippen LogP) is 1.36. The smallest absolute Gasteiger partial charge is 0.252 e. The molecule has 6 heteroatoms. The summed E-state index contributed by atoms with van der Waals surface area (Å²) in [5, 5.41) is 0. The third-order valence-electron chi connectivity index (χ3n) is 3.30. The van der Waals surface area contributed by atoms with E-state index in [4.69, 9.17) is 0 Å². The van der Waals surface area contributed by atoms with Crippen molar-refractivity contribution in [2.45, 2.75) is 19.8 Å². The minimum absolute atomic E-state index is 0.266. The summed E-state index contributed by atoms with van der Waals surface area (Å²) in [5.74, 6) is 0.562. The van der Waals surface area contributed by atoms with Crippen LogP contribution < -0.4 is 11.4 Å². The SMILES string of the molecule is CC(C)c1ccn2c(=O)n(-c3ccccn3)c(=O)nc2c1. The van der Waals surface area contributed by atoms with Crippen LogP contribution in [-0.2, 0) is 0 Å². The van der Waals surface area contributed by atoms with Gasteiger partial charge in [0.25, 0.3) is 0 Å². The van der Waals surface area contributed by atoms with Crippen LogP contribution in [0, 0.1) is 0 Å². The molecule has 21 heavy (non-hydrogen) atoms. The van der Waals surface area contributed by atoms with Crippen LogP contribution in [0.2, 0.25) is 0 Å². The van der Waals surface area contributed by atoms with E-state index in [1.165, 1.54) is 10.6 Å².